The molecule has 0 spiro atoms. The number of nitrogens with one attached hydrogen (secondary N) is 1. The second-order valence-electron chi connectivity index (χ2n) is 7.74. The topological polar surface area (TPSA) is 70.3 Å². The highest BCUT2D eigenvalue weighted by Crippen LogP contribution is 2.22. The summed E-state index contributed by atoms with van der Waals surface area (Å²) in [6, 6.07) is 11.3. The van der Waals surface area contributed by atoms with Crippen molar-refractivity contribution in [2.24, 2.45) is 0 Å². The van der Waals surface area contributed by atoms with Gasteiger partial charge in [0.2, 0.25) is 5.95 Å². The van der Waals surface area contributed by atoms with E-state index in [1.165, 1.54) is 37.2 Å². The molecule has 0 amide bonds. The number of nitrogens with two attached hydrogens (primary N) is 1. The standard InChI is InChI=1S/C21H30N6/c1-16-13-20(22)25-21(24-16)27-11-7-18(8-12-27)23-15-17-5-4-6-19(14-17)26-9-2-3-10-26/h4-6,13-14,18,23H,2-3,7-12,15H2,1H3,(H2,22,24,25). The molecule has 0 bridgehead atoms. The molecule has 6 heteroatoms. The van der Waals surface area contributed by atoms with E-state index in [0.29, 0.717) is 11.9 Å². The minimum Gasteiger partial charge on any atom is -0.384 e. The van der Waals surface area contributed by atoms with Gasteiger partial charge < -0.3 is 20.9 Å². The molecule has 6 nitrogen and oxygen atoms in total. The molecule has 3 heterocycles. The lowest BCUT2D eigenvalue weighted by molar-refractivity contribution is 0.411. The van der Waals surface area contributed by atoms with E-state index >= 15 is 0 Å². The van der Waals surface area contributed by atoms with Gasteiger partial charge >= 0.3 is 0 Å². The van der Waals surface area contributed by atoms with E-state index in [1.54, 1.807) is 0 Å². The Morgan fingerprint density at radius 1 is 1.04 bits per heavy atom. The zero-order valence-electron chi connectivity index (χ0n) is 16.2. The number of hydrogen-bond donors (Lipinski definition) is 2. The van der Waals surface area contributed by atoms with Crippen molar-refractivity contribution in [3.63, 3.8) is 0 Å². The minimum atomic E-state index is 0.541. The van der Waals surface area contributed by atoms with Crippen LogP contribution in [0.5, 0.6) is 0 Å². The number of hydrogen-bond acceptors (Lipinski definition) is 6. The van der Waals surface area contributed by atoms with Crippen LogP contribution in [0.1, 0.15) is 36.9 Å². The highest BCUT2D eigenvalue weighted by molar-refractivity contribution is 5.49. The molecule has 1 aromatic carbocycles. The van der Waals surface area contributed by atoms with Gasteiger partial charge in [0.05, 0.1) is 0 Å². The van der Waals surface area contributed by atoms with E-state index in [4.69, 9.17) is 5.73 Å². The summed E-state index contributed by atoms with van der Waals surface area (Å²) in [4.78, 5) is 13.7. The summed E-state index contributed by atoms with van der Waals surface area (Å²) < 4.78 is 0. The van der Waals surface area contributed by atoms with Crippen molar-refractivity contribution in [2.75, 3.05) is 41.7 Å². The van der Waals surface area contributed by atoms with Crippen molar-refractivity contribution in [3.8, 4) is 0 Å². The summed E-state index contributed by atoms with van der Waals surface area (Å²) in [5, 5.41) is 3.74. The first kappa shape index (κ1) is 18.0. The maximum atomic E-state index is 5.87. The number of nitrogens with zero attached hydrogens (tertiary/aromatic N) is 4. The highest BCUT2D eigenvalue weighted by atomic mass is 15.3. The first-order valence-electron chi connectivity index (χ1n) is 10.1. The minimum absolute atomic E-state index is 0.541. The summed E-state index contributed by atoms with van der Waals surface area (Å²) in [5.74, 6) is 1.32. The lowest BCUT2D eigenvalue weighted by atomic mass is 10.0. The largest absolute Gasteiger partial charge is 0.384 e. The summed E-state index contributed by atoms with van der Waals surface area (Å²) in [6.45, 7) is 7.22. The number of benzene rings is 1. The Balaban J connectivity index is 1.29. The van der Waals surface area contributed by atoms with Crippen LogP contribution >= 0.6 is 0 Å². The van der Waals surface area contributed by atoms with Gasteiger partial charge in [-0.15, -0.1) is 0 Å². The molecule has 0 aliphatic carbocycles. The van der Waals surface area contributed by atoms with E-state index in [0.717, 1.165) is 44.1 Å². The van der Waals surface area contributed by atoms with Crippen molar-refractivity contribution >= 4 is 17.5 Å². The third-order valence-electron chi connectivity index (χ3n) is 5.62. The van der Waals surface area contributed by atoms with Gasteiger partial charge in [0.25, 0.3) is 0 Å². The molecule has 2 aliphatic heterocycles. The van der Waals surface area contributed by atoms with E-state index in [1.807, 2.05) is 13.0 Å². The fraction of sp³-hybridized carbons (Fsp3) is 0.524. The third-order valence-corrected chi connectivity index (χ3v) is 5.62. The van der Waals surface area contributed by atoms with Crippen LogP contribution < -0.4 is 20.9 Å². The van der Waals surface area contributed by atoms with Crippen molar-refractivity contribution in [1.82, 2.24) is 15.3 Å². The average Bonchev–Trinajstić information content (AvgIpc) is 3.21. The van der Waals surface area contributed by atoms with Gasteiger partial charge in [0, 0.05) is 56.2 Å². The molecular weight excluding hydrogens is 336 g/mol. The lowest BCUT2D eigenvalue weighted by Crippen LogP contribution is -2.43. The van der Waals surface area contributed by atoms with E-state index in [-0.39, 0.29) is 0 Å². The van der Waals surface area contributed by atoms with Crippen LogP contribution in [0.15, 0.2) is 30.3 Å². The summed E-state index contributed by atoms with van der Waals surface area (Å²) >= 11 is 0. The number of nitrogen functional groups attached to an aromatic ring is 1. The number of piperidine rings is 1. The molecule has 2 saturated heterocycles. The third kappa shape index (κ3) is 4.50. The van der Waals surface area contributed by atoms with Gasteiger partial charge in [-0.2, -0.15) is 4.98 Å². The predicted octanol–water partition coefficient (Wildman–Crippen LogP) is 2.73. The normalized spacial score (nSPS) is 18.3. The molecule has 144 valence electrons. The van der Waals surface area contributed by atoms with Gasteiger partial charge in [-0.25, -0.2) is 4.98 Å². The average molecular weight is 367 g/mol. The Kier molecular flexibility index (Phi) is 5.43. The van der Waals surface area contributed by atoms with Crippen LogP contribution in [0.4, 0.5) is 17.5 Å². The van der Waals surface area contributed by atoms with Crippen molar-refractivity contribution in [1.29, 1.82) is 0 Å². The Hall–Kier alpha value is -2.34. The van der Waals surface area contributed by atoms with E-state index in [9.17, 15) is 0 Å². The quantitative estimate of drug-likeness (QED) is 0.848. The number of aromatic nitrogens is 2. The molecule has 2 fully saturated rings. The lowest BCUT2D eigenvalue weighted by Gasteiger charge is -2.32. The van der Waals surface area contributed by atoms with Crippen molar-refractivity contribution in [3.05, 3.63) is 41.6 Å². The molecular formula is C21H30N6. The van der Waals surface area contributed by atoms with Crippen LogP contribution in [0.2, 0.25) is 0 Å². The van der Waals surface area contributed by atoms with Crippen LogP contribution in [0, 0.1) is 6.92 Å². The van der Waals surface area contributed by atoms with Crippen LogP contribution in [-0.2, 0) is 6.54 Å². The molecule has 0 unspecified atom stereocenters. The molecule has 0 atom stereocenters. The number of rotatable bonds is 5. The molecule has 3 N–H and O–H groups in total. The molecule has 0 radical (unpaired) electrons. The smallest absolute Gasteiger partial charge is 0.227 e. The Bertz CT molecular complexity index is 743. The summed E-state index contributed by atoms with van der Waals surface area (Å²) in [5.41, 5.74) is 9.54. The van der Waals surface area contributed by atoms with Crippen molar-refractivity contribution < 1.29 is 0 Å². The van der Waals surface area contributed by atoms with E-state index < -0.39 is 0 Å². The molecule has 1 aromatic heterocycles. The van der Waals surface area contributed by atoms with Crippen LogP contribution in [0.3, 0.4) is 0 Å². The zero-order chi connectivity index (χ0) is 18.6. The molecule has 27 heavy (non-hydrogen) atoms. The Morgan fingerprint density at radius 3 is 2.56 bits per heavy atom. The highest BCUT2D eigenvalue weighted by Gasteiger charge is 2.21. The maximum Gasteiger partial charge on any atom is 0.227 e. The zero-order valence-corrected chi connectivity index (χ0v) is 16.2. The van der Waals surface area contributed by atoms with Gasteiger partial charge in [-0.3, -0.25) is 0 Å². The second-order valence-corrected chi connectivity index (χ2v) is 7.74. The van der Waals surface area contributed by atoms with Crippen LogP contribution in [0.25, 0.3) is 0 Å². The monoisotopic (exact) mass is 366 g/mol. The number of aryl methyl sites for hydroxylation is 1. The first-order chi connectivity index (χ1) is 13.2. The maximum absolute atomic E-state index is 5.87. The Morgan fingerprint density at radius 2 is 1.81 bits per heavy atom. The molecule has 4 rings (SSSR count). The number of anilines is 3. The summed E-state index contributed by atoms with van der Waals surface area (Å²) in [6.07, 6.45) is 4.83. The fourth-order valence-electron chi connectivity index (χ4n) is 4.10. The molecule has 2 aliphatic rings. The summed E-state index contributed by atoms with van der Waals surface area (Å²) in [7, 11) is 0. The van der Waals surface area contributed by atoms with Gasteiger partial charge in [-0.05, 0) is 50.3 Å². The SMILES string of the molecule is Cc1cc(N)nc(N2CCC(NCc3cccc(N4CCCC4)c3)CC2)n1. The van der Waals surface area contributed by atoms with Gasteiger partial charge in [0.15, 0.2) is 0 Å². The Labute approximate surface area is 161 Å². The fourth-order valence-corrected chi connectivity index (χ4v) is 4.10. The molecule has 2 aromatic rings. The predicted molar refractivity (Wildman–Crippen MR) is 111 cm³/mol. The van der Waals surface area contributed by atoms with Gasteiger partial charge in [0.1, 0.15) is 5.82 Å². The van der Waals surface area contributed by atoms with Crippen LogP contribution in [-0.4, -0.2) is 42.2 Å². The van der Waals surface area contributed by atoms with Crippen molar-refractivity contribution in [2.45, 2.75) is 45.2 Å². The molecule has 0 saturated carbocycles. The second kappa shape index (κ2) is 8.13. The first-order valence-corrected chi connectivity index (χ1v) is 10.1. The van der Waals surface area contributed by atoms with E-state index in [2.05, 4.69) is 49.4 Å². The van der Waals surface area contributed by atoms with Gasteiger partial charge in [-0.1, -0.05) is 12.1 Å².